The van der Waals surface area contributed by atoms with Crippen molar-refractivity contribution in [3.63, 3.8) is 0 Å². The minimum Gasteiger partial charge on any atom is -0.493 e. The van der Waals surface area contributed by atoms with E-state index >= 15 is 0 Å². The zero-order valence-electron chi connectivity index (χ0n) is 20.3. The van der Waals surface area contributed by atoms with Gasteiger partial charge in [0.15, 0.2) is 18.1 Å². The Morgan fingerprint density at radius 1 is 0.971 bits per heavy atom. The van der Waals surface area contributed by atoms with E-state index in [9.17, 15) is 14.4 Å². The molecule has 0 aliphatic rings. The van der Waals surface area contributed by atoms with Crippen LogP contribution in [-0.2, 0) is 9.53 Å². The van der Waals surface area contributed by atoms with Crippen molar-refractivity contribution in [1.82, 2.24) is 0 Å². The third-order valence-electron chi connectivity index (χ3n) is 5.14. The average molecular weight is 497 g/mol. The van der Waals surface area contributed by atoms with Crippen molar-refractivity contribution < 1.29 is 28.6 Å². The summed E-state index contributed by atoms with van der Waals surface area (Å²) >= 11 is 1.01. The Bertz CT molecular complexity index is 1250. The molecule has 3 aromatic rings. The summed E-state index contributed by atoms with van der Waals surface area (Å²) in [6.45, 7) is 7.06. The highest BCUT2D eigenvalue weighted by atomic mass is 32.1. The lowest BCUT2D eigenvalue weighted by Gasteiger charge is -2.10. The van der Waals surface area contributed by atoms with Crippen molar-refractivity contribution in [2.75, 3.05) is 31.0 Å². The highest BCUT2D eigenvalue weighted by Gasteiger charge is 2.27. The van der Waals surface area contributed by atoms with Crippen molar-refractivity contribution in [3.8, 4) is 11.5 Å². The van der Waals surface area contributed by atoms with E-state index in [0.29, 0.717) is 27.6 Å². The van der Waals surface area contributed by atoms with Gasteiger partial charge in [0.1, 0.15) is 5.00 Å². The third-order valence-corrected chi connectivity index (χ3v) is 6.35. The van der Waals surface area contributed by atoms with Crippen molar-refractivity contribution in [3.05, 3.63) is 69.6 Å². The number of carbonyl (C=O) groups excluding carboxylic acids is 3. The molecule has 184 valence electrons. The number of aryl methyl sites for hydroxylation is 2. The number of hydrogen-bond donors (Lipinski definition) is 2. The van der Waals surface area contributed by atoms with E-state index in [4.69, 9.17) is 14.2 Å². The highest BCUT2D eigenvalue weighted by molar-refractivity contribution is 7.19. The number of ether oxygens (including phenoxy) is 3. The van der Waals surface area contributed by atoms with E-state index in [0.717, 1.165) is 22.5 Å². The van der Waals surface area contributed by atoms with Gasteiger partial charge < -0.3 is 24.8 Å². The number of anilines is 2. The first-order valence-corrected chi connectivity index (χ1v) is 11.8. The van der Waals surface area contributed by atoms with Crippen LogP contribution in [-0.4, -0.2) is 38.1 Å². The van der Waals surface area contributed by atoms with Gasteiger partial charge in [-0.3, -0.25) is 9.59 Å². The van der Waals surface area contributed by atoms with Crippen LogP contribution in [0.5, 0.6) is 11.5 Å². The Kier molecular flexibility index (Phi) is 8.48. The van der Waals surface area contributed by atoms with Gasteiger partial charge in [-0.15, -0.1) is 11.3 Å². The fourth-order valence-electron chi connectivity index (χ4n) is 3.44. The van der Waals surface area contributed by atoms with Crippen LogP contribution >= 0.6 is 11.3 Å². The Morgan fingerprint density at radius 2 is 1.69 bits per heavy atom. The van der Waals surface area contributed by atoms with Crippen molar-refractivity contribution in [1.29, 1.82) is 0 Å². The maximum atomic E-state index is 13.1. The molecule has 0 atom stereocenters. The normalized spacial score (nSPS) is 10.4. The Balaban J connectivity index is 1.83. The van der Waals surface area contributed by atoms with Crippen LogP contribution in [0.15, 0.2) is 42.5 Å². The Morgan fingerprint density at radius 3 is 2.34 bits per heavy atom. The van der Waals surface area contributed by atoms with E-state index in [1.807, 2.05) is 32.0 Å². The van der Waals surface area contributed by atoms with Gasteiger partial charge in [-0.25, -0.2) is 4.79 Å². The second-order valence-corrected chi connectivity index (χ2v) is 8.76. The summed E-state index contributed by atoms with van der Waals surface area (Å²) in [6.07, 6.45) is 0. The zero-order chi connectivity index (χ0) is 25.5. The first kappa shape index (κ1) is 25.8. The first-order valence-electron chi connectivity index (χ1n) is 11.0. The van der Waals surface area contributed by atoms with Crippen molar-refractivity contribution in [2.45, 2.75) is 27.7 Å². The summed E-state index contributed by atoms with van der Waals surface area (Å²) in [6, 6.07) is 12.6. The van der Waals surface area contributed by atoms with Crippen LogP contribution in [0.4, 0.5) is 10.7 Å². The molecule has 3 rings (SSSR count). The number of benzene rings is 2. The van der Waals surface area contributed by atoms with E-state index in [-0.39, 0.29) is 29.7 Å². The van der Waals surface area contributed by atoms with E-state index < -0.39 is 11.9 Å². The molecule has 0 spiro atoms. The molecule has 9 heteroatoms. The number of carbonyl (C=O) groups is 3. The molecule has 0 fully saturated rings. The van der Waals surface area contributed by atoms with Gasteiger partial charge in [0.05, 0.1) is 24.2 Å². The molecule has 0 aliphatic heterocycles. The third kappa shape index (κ3) is 6.19. The second-order valence-electron chi connectivity index (χ2n) is 7.74. The molecule has 1 aromatic heterocycles. The van der Waals surface area contributed by atoms with E-state index in [2.05, 4.69) is 10.6 Å². The summed E-state index contributed by atoms with van der Waals surface area (Å²) in [7, 11) is 1.51. The number of methoxy groups -OCH3 is 1. The number of thiophene rings is 1. The highest BCUT2D eigenvalue weighted by Crippen LogP contribution is 2.35. The molecule has 0 unspecified atom stereocenters. The monoisotopic (exact) mass is 496 g/mol. The van der Waals surface area contributed by atoms with E-state index in [1.54, 1.807) is 38.1 Å². The summed E-state index contributed by atoms with van der Waals surface area (Å²) in [4.78, 5) is 38.7. The molecule has 0 bridgehead atoms. The summed E-state index contributed by atoms with van der Waals surface area (Å²) < 4.78 is 16.0. The number of amides is 2. The number of rotatable bonds is 9. The van der Waals surface area contributed by atoms with Gasteiger partial charge >= 0.3 is 5.97 Å². The minimum absolute atomic E-state index is 0.147. The second kappa shape index (κ2) is 11.5. The predicted molar refractivity (Wildman–Crippen MR) is 136 cm³/mol. The van der Waals surface area contributed by atoms with E-state index in [1.165, 1.54) is 7.11 Å². The summed E-state index contributed by atoms with van der Waals surface area (Å²) in [5.41, 5.74) is 3.24. The predicted octanol–water partition coefficient (Wildman–Crippen LogP) is 5.13. The number of para-hydroxylation sites is 2. The van der Waals surface area contributed by atoms with Gasteiger partial charge in [0, 0.05) is 5.69 Å². The molecule has 0 radical (unpaired) electrons. The number of hydrogen-bond acceptors (Lipinski definition) is 7. The smallest absolute Gasteiger partial charge is 0.341 e. The van der Waals surface area contributed by atoms with Crippen LogP contribution in [0.1, 0.15) is 43.6 Å². The number of nitrogens with one attached hydrogen (secondary N) is 2. The van der Waals surface area contributed by atoms with Crippen LogP contribution in [0.3, 0.4) is 0 Å². The largest absolute Gasteiger partial charge is 0.493 e. The fourth-order valence-corrected chi connectivity index (χ4v) is 4.55. The van der Waals surface area contributed by atoms with Gasteiger partial charge in [-0.1, -0.05) is 29.8 Å². The van der Waals surface area contributed by atoms with Crippen LogP contribution in [0.25, 0.3) is 0 Å². The van der Waals surface area contributed by atoms with Crippen molar-refractivity contribution in [2.24, 2.45) is 0 Å². The summed E-state index contributed by atoms with van der Waals surface area (Å²) in [5.74, 6) is -0.593. The SMILES string of the molecule is CCOC(=O)c1c(NC(=O)COc2ccccc2OC)sc(C(=O)Nc2ccc(C)cc2C)c1C. The van der Waals surface area contributed by atoms with Gasteiger partial charge in [-0.05, 0) is 57.0 Å². The fraction of sp³-hybridized carbons (Fsp3) is 0.269. The average Bonchev–Trinajstić information content (AvgIpc) is 3.15. The maximum Gasteiger partial charge on any atom is 0.341 e. The van der Waals surface area contributed by atoms with Gasteiger partial charge in [-0.2, -0.15) is 0 Å². The molecule has 2 aromatic carbocycles. The lowest BCUT2D eigenvalue weighted by atomic mass is 10.1. The minimum atomic E-state index is -0.618. The van der Waals surface area contributed by atoms with Crippen LogP contribution in [0.2, 0.25) is 0 Å². The molecule has 0 saturated heterocycles. The Labute approximate surface area is 208 Å². The lowest BCUT2D eigenvalue weighted by Crippen LogP contribution is -2.21. The van der Waals surface area contributed by atoms with Crippen LogP contribution in [0, 0.1) is 20.8 Å². The van der Waals surface area contributed by atoms with Gasteiger partial charge in [0.25, 0.3) is 11.8 Å². The molecule has 35 heavy (non-hydrogen) atoms. The maximum absolute atomic E-state index is 13.1. The molecular weight excluding hydrogens is 468 g/mol. The topological polar surface area (TPSA) is 103 Å². The molecule has 1 heterocycles. The first-order chi connectivity index (χ1) is 16.7. The molecule has 2 amide bonds. The molecule has 8 nitrogen and oxygen atoms in total. The molecule has 2 N–H and O–H groups in total. The van der Waals surface area contributed by atoms with Crippen molar-refractivity contribution >= 4 is 39.8 Å². The zero-order valence-corrected chi connectivity index (χ0v) is 21.1. The standard InChI is InChI=1S/C26H28N2O6S/c1-6-33-26(31)22-17(4)23(24(30)27-18-12-11-15(2)13-16(18)3)35-25(22)28-21(29)14-34-20-10-8-7-9-19(20)32-5/h7-13H,6,14H2,1-5H3,(H,27,30)(H,28,29). The lowest BCUT2D eigenvalue weighted by molar-refractivity contribution is -0.118. The van der Waals surface area contributed by atoms with Crippen LogP contribution < -0.4 is 20.1 Å². The molecule has 0 aliphatic carbocycles. The molecule has 0 saturated carbocycles. The number of esters is 1. The Hall–Kier alpha value is -3.85. The summed E-state index contributed by atoms with van der Waals surface area (Å²) in [5, 5.41) is 5.80. The van der Waals surface area contributed by atoms with Gasteiger partial charge in [0.2, 0.25) is 0 Å². The quantitative estimate of drug-likeness (QED) is 0.398. The molecular formula is C26H28N2O6S.